The third-order valence-corrected chi connectivity index (χ3v) is 3.03. The zero-order chi connectivity index (χ0) is 11.5. The monoisotopic (exact) mass is 239 g/mol. The summed E-state index contributed by atoms with van der Waals surface area (Å²) in [7, 11) is 0. The van der Waals surface area contributed by atoms with Gasteiger partial charge in [0.15, 0.2) is 11.6 Å². The Labute approximate surface area is 96.7 Å². The van der Waals surface area contributed by atoms with Crippen molar-refractivity contribution < 1.29 is 8.78 Å². The summed E-state index contributed by atoms with van der Waals surface area (Å²) in [6, 6.07) is 5.85. The maximum absolute atomic E-state index is 13.0. The molecule has 0 bridgehead atoms. The molecule has 1 aromatic heterocycles. The molecular weight excluding hydrogens is 228 g/mol. The molecule has 1 N–H and O–H groups in total. The lowest BCUT2D eigenvalue weighted by Gasteiger charge is -2.14. The first-order chi connectivity index (χ1) is 7.66. The summed E-state index contributed by atoms with van der Waals surface area (Å²) in [4.78, 5) is 0. The number of benzene rings is 1. The molecule has 2 aromatic rings. The third kappa shape index (κ3) is 2.39. The Kier molecular flexibility index (Phi) is 3.19. The Morgan fingerprint density at radius 2 is 2.00 bits per heavy atom. The fourth-order valence-corrected chi connectivity index (χ4v) is 2.06. The highest BCUT2D eigenvalue weighted by molar-refractivity contribution is 7.08. The molecule has 4 heteroatoms. The second-order valence-electron chi connectivity index (χ2n) is 3.55. The van der Waals surface area contributed by atoms with Gasteiger partial charge in [-0.05, 0) is 36.1 Å². The highest BCUT2D eigenvalue weighted by Crippen LogP contribution is 2.22. The van der Waals surface area contributed by atoms with E-state index >= 15 is 0 Å². The number of rotatable bonds is 3. The van der Waals surface area contributed by atoms with Gasteiger partial charge in [0.1, 0.15) is 0 Å². The third-order valence-electron chi connectivity index (χ3n) is 2.35. The van der Waals surface area contributed by atoms with Crippen molar-refractivity contribution in [1.29, 1.82) is 0 Å². The van der Waals surface area contributed by atoms with Gasteiger partial charge < -0.3 is 5.32 Å². The minimum atomic E-state index is -0.813. The molecule has 84 valence electrons. The fourth-order valence-electron chi connectivity index (χ4n) is 1.46. The van der Waals surface area contributed by atoms with Crippen molar-refractivity contribution >= 4 is 17.0 Å². The molecular formula is C12H11F2NS. The fraction of sp³-hybridized carbons (Fsp3) is 0.167. The van der Waals surface area contributed by atoms with Crippen LogP contribution < -0.4 is 5.32 Å². The van der Waals surface area contributed by atoms with Crippen LogP contribution in [-0.4, -0.2) is 0 Å². The molecule has 0 saturated heterocycles. The molecule has 1 unspecified atom stereocenters. The van der Waals surface area contributed by atoms with Gasteiger partial charge in [-0.15, -0.1) is 0 Å². The quantitative estimate of drug-likeness (QED) is 0.846. The van der Waals surface area contributed by atoms with Crippen molar-refractivity contribution in [3.05, 3.63) is 52.2 Å². The second-order valence-corrected chi connectivity index (χ2v) is 4.33. The van der Waals surface area contributed by atoms with E-state index in [0.29, 0.717) is 0 Å². The van der Waals surface area contributed by atoms with E-state index in [2.05, 4.69) is 5.32 Å². The lowest BCUT2D eigenvalue weighted by molar-refractivity contribution is 0.506. The lowest BCUT2D eigenvalue weighted by Crippen LogP contribution is -2.06. The second kappa shape index (κ2) is 4.61. The Morgan fingerprint density at radius 3 is 2.62 bits per heavy atom. The topological polar surface area (TPSA) is 12.0 Å². The highest BCUT2D eigenvalue weighted by atomic mass is 32.1. The van der Waals surface area contributed by atoms with Crippen LogP contribution >= 0.6 is 11.3 Å². The minimum absolute atomic E-state index is 0.0512. The van der Waals surface area contributed by atoms with Crippen LogP contribution in [-0.2, 0) is 0 Å². The summed E-state index contributed by atoms with van der Waals surface area (Å²) >= 11 is 1.59. The smallest absolute Gasteiger partial charge is 0.159 e. The van der Waals surface area contributed by atoms with Crippen molar-refractivity contribution in [2.45, 2.75) is 13.0 Å². The Hall–Kier alpha value is -1.42. The van der Waals surface area contributed by atoms with Gasteiger partial charge in [0, 0.05) is 17.1 Å². The van der Waals surface area contributed by atoms with E-state index in [0.717, 1.165) is 17.3 Å². The van der Waals surface area contributed by atoms with E-state index in [-0.39, 0.29) is 6.04 Å². The maximum atomic E-state index is 13.0. The van der Waals surface area contributed by atoms with E-state index < -0.39 is 11.6 Å². The largest absolute Gasteiger partial charge is 0.378 e. The highest BCUT2D eigenvalue weighted by Gasteiger charge is 2.09. The normalized spacial score (nSPS) is 12.4. The van der Waals surface area contributed by atoms with Crippen molar-refractivity contribution in [3.8, 4) is 0 Å². The molecule has 1 nitrogen and oxygen atoms in total. The molecule has 0 aliphatic carbocycles. The zero-order valence-corrected chi connectivity index (χ0v) is 9.52. The van der Waals surface area contributed by atoms with E-state index in [1.807, 2.05) is 23.8 Å². The van der Waals surface area contributed by atoms with Gasteiger partial charge in [0.05, 0.1) is 0 Å². The molecule has 0 spiro atoms. The van der Waals surface area contributed by atoms with E-state index in [1.54, 1.807) is 17.4 Å². The standard InChI is InChI=1S/C12H11F2NS/c1-8(15-10-4-5-16-7-10)9-2-3-11(13)12(14)6-9/h2-8,15H,1H3. The lowest BCUT2D eigenvalue weighted by atomic mass is 10.1. The van der Waals surface area contributed by atoms with Crippen molar-refractivity contribution in [2.75, 3.05) is 5.32 Å². The van der Waals surface area contributed by atoms with E-state index in [1.165, 1.54) is 6.07 Å². The summed E-state index contributed by atoms with van der Waals surface area (Å²) < 4.78 is 25.8. The van der Waals surface area contributed by atoms with Crippen molar-refractivity contribution in [1.82, 2.24) is 0 Å². The van der Waals surface area contributed by atoms with E-state index in [9.17, 15) is 8.78 Å². The predicted molar refractivity (Wildman–Crippen MR) is 62.7 cm³/mol. The van der Waals surface area contributed by atoms with Crippen molar-refractivity contribution in [2.24, 2.45) is 0 Å². The summed E-state index contributed by atoms with van der Waals surface area (Å²) in [5.41, 5.74) is 1.72. The predicted octanol–water partition coefficient (Wildman–Crippen LogP) is 4.20. The molecule has 0 aliphatic heterocycles. The van der Waals surface area contributed by atoms with Gasteiger partial charge in [0.25, 0.3) is 0 Å². The van der Waals surface area contributed by atoms with Crippen LogP contribution in [0.5, 0.6) is 0 Å². The zero-order valence-electron chi connectivity index (χ0n) is 8.71. The minimum Gasteiger partial charge on any atom is -0.378 e. The first kappa shape index (κ1) is 11.1. The number of halogens is 2. The van der Waals surface area contributed by atoms with Gasteiger partial charge in [-0.25, -0.2) is 8.78 Å². The molecule has 0 aliphatic rings. The summed E-state index contributed by atoms with van der Waals surface area (Å²) in [5.74, 6) is -1.62. The maximum Gasteiger partial charge on any atom is 0.159 e. The molecule has 0 fully saturated rings. The Morgan fingerprint density at radius 1 is 1.19 bits per heavy atom. The number of thiophene rings is 1. The Bertz CT molecular complexity index is 468. The van der Waals surface area contributed by atoms with Gasteiger partial charge in [-0.3, -0.25) is 0 Å². The number of nitrogens with one attached hydrogen (secondary N) is 1. The van der Waals surface area contributed by atoms with Gasteiger partial charge in [-0.2, -0.15) is 11.3 Å². The average molecular weight is 239 g/mol. The Balaban J connectivity index is 2.14. The van der Waals surface area contributed by atoms with Crippen molar-refractivity contribution in [3.63, 3.8) is 0 Å². The number of anilines is 1. The van der Waals surface area contributed by atoms with Crippen LogP contribution in [0.4, 0.5) is 14.5 Å². The van der Waals surface area contributed by atoms with Crippen LogP contribution in [0.15, 0.2) is 35.0 Å². The van der Waals surface area contributed by atoms with Crippen LogP contribution in [0.2, 0.25) is 0 Å². The SMILES string of the molecule is CC(Nc1ccsc1)c1ccc(F)c(F)c1. The van der Waals surface area contributed by atoms with Gasteiger partial charge in [0.2, 0.25) is 0 Å². The first-order valence-electron chi connectivity index (χ1n) is 4.90. The van der Waals surface area contributed by atoms with Crippen LogP contribution in [0.1, 0.15) is 18.5 Å². The molecule has 1 aromatic carbocycles. The molecule has 2 rings (SSSR count). The summed E-state index contributed by atoms with van der Waals surface area (Å²) in [6.45, 7) is 1.91. The van der Waals surface area contributed by atoms with Crippen LogP contribution in [0.3, 0.4) is 0 Å². The summed E-state index contributed by atoms with van der Waals surface area (Å²) in [6.07, 6.45) is 0. The number of hydrogen-bond donors (Lipinski definition) is 1. The number of hydrogen-bond acceptors (Lipinski definition) is 2. The molecule has 16 heavy (non-hydrogen) atoms. The van der Waals surface area contributed by atoms with Crippen LogP contribution in [0, 0.1) is 11.6 Å². The van der Waals surface area contributed by atoms with Gasteiger partial charge in [-0.1, -0.05) is 6.07 Å². The molecule has 0 saturated carbocycles. The molecule has 1 heterocycles. The van der Waals surface area contributed by atoms with E-state index in [4.69, 9.17) is 0 Å². The van der Waals surface area contributed by atoms with Gasteiger partial charge >= 0.3 is 0 Å². The molecule has 1 atom stereocenters. The molecule has 0 radical (unpaired) electrons. The summed E-state index contributed by atoms with van der Waals surface area (Å²) in [5, 5.41) is 7.13. The molecule has 0 amide bonds. The first-order valence-corrected chi connectivity index (χ1v) is 5.85. The van der Waals surface area contributed by atoms with Crippen LogP contribution in [0.25, 0.3) is 0 Å². The average Bonchev–Trinajstić information content (AvgIpc) is 2.74.